The molecule has 1 aliphatic carbocycles. The highest BCUT2D eigenvalue weighted by Gasteiger charge is 2.36. The van der Waals surface area contributed by atoms with Crippen LogP contribution in [0.3, 0.4) is 0 Å². The average molecular weight is 601 g/mol. The molecule has 0 saturated carbocycles. The van der Waals surface area contributed by atoms with Crippen LogP contribution in [0.1, 0.15) is 25.0 Å². The van der Waals surface area contributed by atoms with Gasteiger partial charge in [-0.25, -0.2) is 9.97 Å². The third-order valence-corrected chi connectivity index (χ3v) is 9.88. The van der Waals surface area contributed by atoms with Gasteiger partial charge in [0.1, 0.15) is 0 Å². The van der Waals surface area contributed by atoms with Crippen molar-refractivity contribution in [2.24, 2.45) is 0 Å². The van der Waals surface area contributed by atoms with E-state index in [1.807, 2.05) is 24.3 Å². The summed E-state index contributed by atoms with van der Waals surface area (Å²) in [5.41, 5.74) is 12.8. The molecule has 0 saturated heterocycles. The maximum Gasteiger partial charge on any atom is 0.160 e. The SMILES string of the molecule is CC1(C)c2cc(-c3ccc(-c4cc(-c5ccccc5)nc(-c5ccccc5)n4)c4ccccc34)ccc2-c2cc3ccccc3cc21. The van der Waals surface area contributed by atoms with Crippen LogP contribution in [0.4, 0.5) is 0 Å². The summed E-state index contributed by atoms with van der Waals surface area (Å²) in [6.07, 6.45) is 0. The molecular weight excluding hydrogens is 569 g/mol. The van der Waals surface area contributed by atoms with Crippen LogP contribution in [0.5, 0.6) is 0 Å². The molecule has 9 rings (SSSR count). The van der Waals surface area contributed by atoms with Crippen LogP contribution < -0.4 is 0 Å². The predicted molar refractivity (Wildman–Crippen MR) is 196 cm³/mol. The minimum absolute atomic E-state index is 0.0942. The fourth-order valence-corrected chi connectivity index (χ4v) is 7.42. The lowest BCUT2D eigenvalue weighted by Gasteiger charge is -2.22. The summed E-state index contributed by atoms with van der Waals surface area (Å²) in [5, 5.41) is 4.97. The highest BCUT2D eigenvalue weighted by atomic mass is 14.9. The van der Waals surface area contributed by atoms with Gasteiger partial charge in [-0.15, -0.1) is 0 Å². The maximum absolute atomic E-state index is 5.15. The van der Waals surface area contributed by atoms with Crippen molar-refractivity contribution in [3.63, 3.8) is 0 Å². The van der Waals surface area contributed by atoms with E-state index in [2.05, 4.69) is 147 Å². The van der Waals surface area contributed by atoms with E-state index in [1.165, 1.54) is 54.9 Å². The van der Waals surface area contributed by atoms with Crippen LogP contribution in [0.25, 0.3) is 77.7 Å². The topological polar surface area (TPSA) is 25.8 Å². The Morgan fingerprint density at radius 1 is 0.383 bits per heavy atom. The number of hydrogen-bond donors (Lipinski definition) is 0. The molecule has 0 atom stereocenters. The summed E-state index contributed by atoms with van der Waals surface area (Å²) in [4.78, 5) is 10.2. The van der Waals surface area contributed by atoms with Gasteiger partial charge in [0.2, 0.25) is 0 Å². The molecule has 222 valence electrons. The fraction of sp³-hybridized carbons (Fsp3) is 0.0667. The van der Waals surface area contributed by atoms with Crippen LogP contribution in [0, 0.1) is 0 Å². The number of nitrogens with zero attached hydrogens (tertiary/aromatic N) is 2. The normalized spacial score (nSPS) is 13.1. The third kappa shape index (κ3) is 4.48. The summed E-state index contributed by atoms with van der Waals surface area (Å²) in [5.74, 6) is 0.725. The molecule has 0 radical (unpaired) electrons. The summed E-state index contributed by atoms with van der Waals surface area (Å²) < 4.78 is 0. The average Bonchev–Trinajstić information content (AvgIpc) is 3.35. The number of fused-ring (bicyclic) bond motifs is 5. The van der Waals surface area contributed by atoms with Crippen molar-refractivity contribution >= 4 is 21.5 Å². The second-order valence-electron chi connectivity index (χ2n) is 13.0. The summed E-state index contributed by atoms with van der Waals surface area (Å²) in [7, 11) is 0. The highest BCUT2D eigenvalue weighted by Crippen LogP contribution is 2.51. The quantitative estimate of drug-likeness (QED) is 0.201. The minimum Gasteiger partial charge on any atom is -0.228 e. The minimum atomic E-state index is -0.0942. The lowest BCUT2D eigenvalue weighted by molar-refractivity contribution is 0.661. The Bertz CT molecular complexity index is 2420. The van der Waals surface area contributed by atoms with E-state index in [1.54, 1.807) is 0 Å². The molecule has 1 aliphatic rings. The van der Waals surface area contributed by atoms with Crippen molar-refractivity contribution in [3.05, 3.63) is 169 Å². The van der Waals surface area contributed by atoms with Crippen molar-refractivity contribution in [1.82, 2.24) is 9.97 Å². The number of hydrogen-bond acceptors (Lipinski definition) is 2. The van der Waals surface area contributed by atoms with Gasteiger partial charge in [0.05, 0.1) is 11.4 Å². The summed E-state index contributed by atoms with van der Waals surface area (Å²) in [6, 6.07) is 56.5. The summed E-state index contributed by atoms with van der Waals surface area (Å²) >= 11 is 0. The molecular formula is C45H32N2. The third-order valence-electron chi connectivity index (χ3n) is 9.88. The Kier molecular flexibility index (Phi) is 6.20. The van der Waals surface area contributed by atoms with Crippen LogP contribution in [0.15, 0.2) is 158 Å². The van der Waals surface area contributed by atoms with Gasteiger partial charge in [0, 0.05) is 22.1 Å². The number of aromatic nitrogens is 2. The van der Waals surface area contributed by atoms with Crippen molar-refractivity contribution in [1.29, 1.82) is 0 Å². The molecule has 0 bridgehead atoms. The lowest BCUT2D eigenvalue weighted by atomic mass is 9.81. The Morgan fingerprint density at radius 2 is 0.936 bits per heavy atom. The van der Waals surface area contributed by atoms with E-state index in [0.29, 0.717) is 0 Å². The number of rotatable bonds is 4. The first-order chi connectivity index (χ1) is 23.0. The Labute approximate surface area is 275 Å². The molecule has 0 N–H and O–H groups in total. The molecule has 0 unspecified atom stereocenters. The largest absolute Gasteiger partial charge is 0.228 e. The molecule has 1 heterocycles. The van der Waals surface area contributed by atoms with Gasteiger partial charge in [-0.05, 0) is 79.2 Å². The molecule has 0 amide bonds. The fourth-order valence-electron chi connectivity index (χ4n) is 7.42. The van der Waals surface area contributed by atoms with Crippen LogP contribution in [-0.2, 0) is 5.41 Å². The molecule has 2 heteroatoms. The molecule has 0 spiro atoms. The van der Waals surface area contributed by atoms with Gasteiger partial charge in [0.15, 0.2) is 5.82 Å². The second-order valence-corrected chi connectivity index (χ2v) is 13.0. The van der Waals surface area contributed by atoms with Crippen LogP contribution >= 0.6 is 0 Å². The van der Waals surface area contributed by atoms with Gasteiger partial charge in [-0.2, -0.15) is 0 Å². The van der Waals surface area contributed by atoms with E-state index in [0.717, 1.165) is 33.9 Å². The molecule has 7 aromatic carbocycles. The van der Waals surface area contributed by atoms with Gasteiger partial charge in [-0.3, -0.25) is 0 Å². The zero-order valence-corrected chi connectivity index (χ0v) is 26.4. The number of benzene rings is 7. The van der Waals surface area contributed by atoms with Gasteiger partial charge < -0.3 is 0 Å². The molecule has 0 fully saturated rings. The summed E-state index contributed by atoms with van der Waals surface area (Å²) in [6.45, 7) is 4.72. The van der Waals surface area contributed by atoms with Crippen molar-refractivity contribution in [2.45, 2.75) is 19.3 Å². The lowest BCUT2D eigenvalue weighted by Crippen LogP contribution is -2.15. The molecule has 0 aliphatic heterocycles. The second kappa shape index (κ2) is 10.6. The van der Waals surface area contributed by atoms with E-state index in [9.17, 15) is 0 Å². The van der Waals surface area contributed by atoms with E-state index in [4.69, 9.17) is 9.97 Å². The van der Waals surface area contributed by atoms with Crippen LogP contribution in [-0.4, -0.2) is 9.97 Å². The molecule has 2 nitrogen and oxygen atoms in total. The van der Waals surface area contributed by atoms with Gasteiger partial charge >= 0.3 is 0 Å². The first-order valence-corrected chi connectivity index (χ1v) is 16.3. The monoisotopic (exact) mass is 600 g/mol. The Morgan fingerprint density at radius 3 is 1.68 bits per heavy atom. The van der Waals surface area contributed by atoms with Crippen molar-refractivity contribution < 1.29 is 0 Å². The highest BCUT2D eigenvalue weighted by molar-refractivity contribution is 6.05. The van der Waals surface area contributed by atoms with Crippen molar-refractivity contribution in [2.75, 3.05) is 0 Å². The zero-order chi connectivity index (χ0) is 31.5. The van der Waals surface area contributed by atoms with E-state index >= 15 is 0 Å². The molecule has 47 heavy (non-hydrogen) atoms. The van der Waals surface area contributed by atoms with E-state index in [-0.39, 0.29) is 5.41 Å². The van der Waals surface area contributed by atoms with Crippen molar-refractivity contribution in [3.8, 4) is 56.2 Å². The van der Waals surface area contributed by atoms with Gasteiger partial charge in [0.25, 0.3) is 0 Å². The van der Waals surface area contributed by atoms with Gasteiger partial charge in [-0.1, -0.05) is 147 Å². The van der Waals surface area contributed by atoms with Crippen LogP contribution in [0.2, 0.25) is 0 Å². The molecule has 1 aromatic heterocycles. The van der Waals surface area contributed by atoms with E-state index < -0.39 is 0 Å². The Balaban J connectivity index is 1.20. The maximum atomic E-state index is 5.15. The molecule has 8 aromatic rings. The predicted octanol–water partition coefficient (Wildman–Crippen LogP) is 11.8. The smallest absolute Gasteiger partial charge is 0.160 e. The zero-order valence-electron chi connectivity index (χ0n) is 26.4. The first kappa shape index (κ1) is 27.5. The first-order valence-electron chi connectivity index (χ1n) is 16.3. The Hall–Kier alpha value is -5.86. The standard InChI is InChI=1S/C45H32N2/c1-45(2)40-27-33(21-22-37(40)39-25-31-17-9-10-18-32(31)26-41(39)45)34-23-24-38(36-20-12-11-19-35(34)36)43-28-42(29-13-5-3-6-14-29)46-44(47-43)30-15-7-4-8-16-30/h3-28H,1-2H3.